The fraction of sp³-hybridized carbons (Fsp3) is 0.304. The van der Waals surface area contributed by atoms with E-state index in [4.69, 9.17) is 4.74 Å². The molecule has 1 aliphatic carbocycles. The summed E-state index contributed by atoms with van der Waals surface area (Å²) in [5.41, 5.74) is 2.99. The lowest BCUT2D eigenvalue weighted by Crippen LogP contribution is -2.34. The van der Waals surface area contributed by atoms with Gasteiger partial charge in [-0.15, -0.1) is 0 Å². The molecule has 0 fully saturated rings. The van der Waals surface area contributed by atoms with E-state index in [1.54, 1.807) is 6.08 Å². The molecule has 1 aliphatic rings. The van der Waals surface area contributed by atoms with Crippen LogP contribution in [0.4, 0.5) is 0 Å². The number of allylic oxidation sites excluding steroid dienone is 2. The van der Waals surface area contributed by atoms with Crippen molar-refractivity contribution in [3.63, 3.8) is 0 Å². The fourth-order valence-electron chi connectivity index (χ4n) is 3.36. The predicted octanol–water partition coefficient (Wildman–Crippen LogP) is 4.64. The number of esters is 1. The number of ether oxygens (including phenoxy) is 1. The molecule has 0 aromatic heterocycles. The highest BCUT2D eigenvalue weighted by molar-refractivity contribution is 6.10. The molecule has 2 unspecified atom stereocenters. The first-order chi connectivity index (χ1) is 12.6. The van der Waals surface area contributed by atoms with E-state index in [0.29, 0.717) is 13.0 Å². The minimum absolute atomic E-state index is 0.169. The molecule has 2 aromatic carbocycles. The summed E-state index contributed by atoms with van der Waals surface area (Å²) in [4.78, 5) is 25.5. The highest BCUT2D eigenvalue weighted by Gasteiger charge is 2.39. The fourth-order valence-corrected chi connectivity index (χ4v) is 3.36. The molecule has 134 valence electrons. The topological polar surface area (TPSA) is 43.4 Å². The van der Waals surface area contributed by atoms with Gasteiger partial charge in [-0.2, -0.15) is 0 Å². The van der Waals surface area contributed by atoms with Crippen LogP contribution in [0.25, 0.3) is 5.57 Å². The zero-order valence-corrected chi connectivity index (χ0v) is 15.2. The van der Waals surface area contributed by atoms with Gasteiger partial charge in [0, 0.05) is 5.92 Å². The van der Waals surface area contributed by atoms with Crippen LogP contribution in [0.1, 0.15) is 37.3 Å². The molecule has 3 rings (SSSR count). The van der Waals surface area contributed by atoms with E-state index in [0.717, 1.165) is 16.7 Å². The Morgan fingerprint density at radius 2 is 1.65 bits per heavy atom. The Labute approximate surface area is 154 Å². The van der Waals surface area contributed by atoms with Gasteiger partial charge < -0.3 is 4.74 Å². The van der Waals surface area contributed by atoms with Crippen molar-refractivity contribution in [2.75, 3.05) is 6.61 Å². The largest absolute Gasteiger partial charge is 0.465 e. The van der Waals surface area contributed by atoms with Crippen LogP contribution in [0, 0.1) is 11.8 Å². The van der Waals surface area contributed by atoms with E-state index in [1.165, 1.54) is 0 Å². The molecule has 0 spiro atoms. The molecule has 2 atom stereocenters. The molecular formula is C23H24O3. The summed E-state index contributed by atoms with van der Waals surface area (Å²) in [7, 11) is 0. The van der Waals surface area contributed by atoms with Gasteiger partial charge >= 0.3 is 5.97 Å². The van der Waals surface area contributed by atoms with E-state index in [2.05, 4.69) is 0 Å². The second-order valence-corrected chi connectivity index (χ2v) is 7.16. The lowest BCUT2D eigenvalue weighted by molar-refractivity contribution is -0.153. The van der Waals surface area contributed by atoms with Crippen molar-refractivity contribution in [3.05, 3.63) is 77.9 Å². The number of ketones is 1. The lowest BCUT2D eigenvalue weighted by atomic mass is 9.73. The maximum atomic E-state index is 12.9. The van der Waals surface area contributed by atoms with Crippen molar-refractivity contribution >= 4 is 17.3 Å². The second-order valence-electron chi connectivity index (χ2n) is 7.16. The van der Waals surface area contributed by atoms with Crippen LogP contribution in [0.5, 0.6) is 0 Å². The van der Waals surface area contributed by atoms with Gasteiger partial charge in [-0.3, -0.25) is 9.59 Å². The third kappa shape index (κ3) is 4.10. The number of carbonyl (C=O) groups is 2. The van der Waals surface area contributed by atoms with E-state index in [1.807, 2.05) is 74.5 Å². The Bertz CT molecular complexity index is 791. The maximum Gasteiger partial charge on any atom is 0.317 e. The van der Waals surface area contributed by atoms with Gasteiger partial charge in [-0.1, -0.05) is 74.5 Å². The summed E-state index contributed by atoms with van der Waals surface area (Å²) >= 11 is 0. The van der Waals surface area contributed by atoms with Crippen LogP contribution in [-0.2, 0) is 14.3 Å². The van der Waals surface area contributed by atoms with Crippen molar-refractivity contribution in [1.29, 1.82) is 0 Å². The molecule has 0 radical (unpaired) electrons. The lowest BCUT2D eigenvalue weighted by Gasteiger charge is -2.29. The zero-order valence-electron chi connectivity index (χ0n) is 15.2. The molecular weight excluding hydrogens is 324 g/mol. The Morgan fingerprint density at radius 3 is 2.27 bits per heavy atom. The monoisotopic (exact) mass is 348 g/mol. The van der Waals surface area contributed by atoms with Crippen molar-refractivity contribution in [3.8, 4) is 0 Å². The Hall–Kier alpha value is -2.68. The van der Waals surface area contributed by atoms with Crippen molar-refractivity contribution in [2.45, 2.75) is 26.2 Å². The molecule has 0 aliphatic heterocycles. The van der Waals surface area contributed by atoms with Crippen LogP contribution >= 0.6 is 0 Å². The van der Waals surface area contributed by atoms with Gasteiger partial charge in [0.2, 0.25) is 0 Å². The van der Waals surface area contributed by atoms with Crippen molar-refractivity contribution in [1.82, 2.24) is 0 Å². The van der Waals surface area contributed by atoms with E-state index < -0.39 is 11.9 Å². The molecule has 3 heteroatoms. The molecule has 0 saturated carbocycles. The first-order valence-corrected chi connectivity index (χ1v) is 9.07. The number of rotatable bonds is 5. The average Bonchev–Trinajstić information content (AvgIpc) is 2.67. The molecule has 0 N–H and O–H groups in total. The van der Waals surface area contributed by atoms with Crippen LogP contribution in [0.3, 0.4) is 0 Å². The molecule has 0 heterocycles. The highest BCUT2D eigenvalue weighted by Crippen LogP contribution is 2.40. The van der Waals surface area contributed by atoms with Gasteiger partial charge in [-0.25, -0.2) is 0 Å². The van der Waals surface area contributed by atoms with E-state index >= 15 is 0 Å². The highest BCUT2D eigenvalue weighted by atomic mass is 16.5. The third-order valence-electron chi connectivity index (χ3n) is 4.65. The summed E-state index contributed by atoms with van der Waals surface area (Å²) < 4.78 is 5.42. The van der Waals surface area contributed by atoms with Gasteiger partial charge in [-0.05, 0) is 35.1 Å². The summed E-state index contributed by atoms with van der Waals surface area (Å²) in [5, 5.41) is 0. The smallest absolute Gasteiger partial charge is 0.317 e. The quantitative estimate of drug-likeness (QED) is 0.584. The minimum atomic E-state index is -0.774. The predicted molar refractivity (Wildman–Crippen MR) is 103 cm³/mol. The van der Waals surface area contributed by atoms with Gasteiger partial charge in [0.05, 0.1) is 6.61 Å². The summed E-state index contributed by atoms with van der Waals surface area (Å²) in [6.07, 6.45) is 2.26. The van der Waals surface area contributed by atoms with E-state index in [9.17, 15) is 9.59 Å². The SMILES string of the molecule is CC(C)COC(=O)C1C(=O)C=C(c2ccccc2)CC1c1ccccc1. The molecule has 26 heavy (non-hydrogen) atoms. The number of carbonyl (C=O) groups excluding carboxylic acids is 2. The molecule has 0 amide bonds. The number of benzene rings is 2. The van der Waals surface area contributed by atoms with Gasteiger partial charge in [0.15, 0.2) is 5.78 Å². The first kappa shape index (κ1) is 18.1. The molecule has 0 saturated heterocycles. The van der Waals surface area contributed by atoms with Crippen molar-refractivity contribution in [2.24, 2.45) is 11.8 Å². The van der Waals surface area contributed by atoms with Gasteiger partial charge in [0.25, 0.3) is 0 Å². The van der Waals surface area contributed by atoms with Gasteiger partial charge in [0.1, 0.15) is 5.92 Å². The Morgan fingerprint density at radius 1 is 1.04 bits per heavy atom. The van der Waals surface area contributed by atoms with Crippen LogP contribution in [0.15, 0.2) is 66.7 Å². The average molecular weight is 348 g/mol. The Kier molecular flexibility index (Phi) is 5.67. The van der Waals surface area contributed by atoms with Crippen LogP contribution < -0.4 is 0 Å². The Balaban J connectivity index is 1.94. The minimum Gasteiger partial charge on any atom is -0.465 e. The van der Waals surface area contributed by atoms with Crippen molar-refractivity contribution < 1.29 is 14.3 Å². The summed E-state index contributed by atoms with van der Waals surface area (Å²) in [6, 6.07) is 19.7. The third-order valence-corrected chi connectivity index (χ3v) is 4.65. The first-order valence-electron chi connectivity index (χ1n) is 9.07. The van der Waals surface area contributed by atoms with Crippen LogP contribution in [0.2, 0.25) is 0 Å². The van der Waals surface area contributed by atoms with Crippen LogP contribution in [-0.4, -0.2) is 18.4 Å². The molecule has 0 bridgehead atoms. The zero-order chi connectivity index (χ0) is 18.5. The second kappa shape index (κ2) is 8.13. The number of hydrogen-bond donors (Lipinski definition) is 0. The summed E-state index contributed by atoms with van der Waals surface area (Å²) in [6.45, 7) is 4.30. The van der Waals surface area contributed by atoms with E-state index in [-0.39, 0.29) is 17.6 Å². The maximum absolute atomic E-state index is 12.9. The number of hydrogen-bond acceptors (Lipinski definition) is 3. The summed E-state index contributed by atoms with van der Waals surface area (Å²) in [5.74, 6) is -1.32. The molecule has 2 aromatic rings. The molecule has 3 nitrogen and oxygen atoms in total. The normalized spacial score (nSPS) is 20.0. The standard InChI is InChI=1S/C23H24O3/c1-16(2)15-26-23(25)22-20(18-11-7-4-8-12-18)13-19(14-21(22)24)17-9-5-3-6-10-17/h3-12,14,16,20,22H,13,15H2,1-2H3.